The number of rotatable bonds is 8. The van der Waals surface area contributed by atoms with Gasteiger partial charge in [-0.2, -0.15) is 0 Å². The molecule has 5 heteroatoms. The Morgan fingerprint density at radius 3 is 2.64 bits per heavy atom. The van der Waals surface area contributed by atoms with Gasteiger partial charge in [-0.25, -0.2) is 4.79 Å². The molecule has 1 aliphatic carbocycles. The van der Waals surface area contributed by atoms with Crippen molar-refractivity contribution in [3.8, 4) is 5.75 Å². The zero-order chi connectivity index (χ0) is 16.1. The second-order valence-electron chi connectivity index (χ2n) is 5.98. The normalized spacial score (nSPS) is 16.6. The lowest BCUT2D eigenvalue weighted by Crippen LogP contribution is -2.41. The highest BCUT2D eigenvalue weighted by molar-refractivity contribution is 5.84. The van der Waals surface area contributed by atoms with Crippen molar-refractivity contribution in [1.82, 2.24) is 5.32 Å². The molecule has 0 aromatic heterocycles. The summed E-state index contributed by atoms with van der Waals surface area (Å²) in [7, 11) is 1.60. The van der Waals surface area contributed by atoms with E-state index in [4.69, 9.17) is 4.74 Å². The molecule has 2 rings (SSSR count). The fraction of sp³-hybridized carbons (Fsp3) is 0.529. The summed E-state index contributed by atoms with van der Waals surface area (Å²) in [6.07, 6.45) is 2.91. The van der Waals surface area contributed by atoms with Crippen LogP contribution in [0.25, 0.3) is 0 Å². The second-order valence-corrected chi connectivity index (χ2v) is 5.98. The number of aliphatic carboxylic acids is 1. The summed E-state index contributed by atoms with van der Waals surface area (Å²) in [6, 6.07) is 6.79. The highest BCUT2D eigenvalue weighted by Crippen LogP contribution is 2.33. The lowest BCUT2D eigenvalue weighted by atomic mass is 9.96. The van der Waals surface area contributed by atoms with E-state index in [2.05, 4.69) is 5.32 Å². The first-order valence-corrected chi connectivity index (χ1v) is 7.66. The number of amides is 1. The van der Waals surface area contributed by atoms with Crippen molar-refractivity contribution < 1.29 is 19.4 Å². The molecule has 0 spiro atoms. The Balaban J connectivity index is 1.93. The third kappa shape index (κ3) is 4.48. The molecule has 0 radical (unpaired) electrons. The quantitative estimate of drug-likeness (QED) is 0.774. The zero-order valence-electron chi connectivity index (χ0n) is 13.0. The van der Waals surface area contributed by atoms with E-state index in [0.717, 1.165) is 24.2 Å². The van der Waals surface area contributed by atoms with Crippen molar-refractivity contribution in [3.05, 3.63) is 29.8 Å². The number of benzene rings is 1. The molecule has 22 heavy (non-hydrogen) atoms. The average Bonchev–Trinajstić information content (AvgIpc) is 3.30. The largest absolute Gasteiger partial charge is 0.496 e. The maximum Gasteiger partial charge on any atom is 0.326 e. The molecule has 1 amide bonds. The van der Waals surface area contributed by atoms with Crippen LogP contribution in [-0.4, -0.2) is 30.1 Å². The molecule has 0 saturated heterocycles. The zero-order valence-corrected chi connectivity index (χ0v) is 13.0. The number of nitrogens with one attached hydrogen (secondary N) is 1. The van der Waals surface area contributed by atoms with Crippen LogP contribution in [0.3, 0.4) is 0 Å². The molecule has 5 nitrogen and oxygen atoms in total. The smallest absolute Gasteiger partial charge is 0.326 e. The summed E-state index contributed by atoms with van der Waals surface area (Å²) in [4.78, 5) is 23.3. The Labute approximate surface area is 130 Å². The third-order valence-corrected chi connectivity index (χ3v) is 4.06. The van der Waals surface area contributed by atoms with Crippen LogP contribution < -0.4 is 10.1 Å². The minimum Gasteiger partial charge on any atom is -0.496 e. The van der Waals surface area contributed by atoms with Crippen LogP contribution in [0.4, 0.5) is 0 Å². The minimum atomic E-state index is -0.954. The van der Waals surface area contributed by atoms with Crippen molar-refractivity contribution in [2.75, 3.05) is 7.11 Å². The molecule has 1 aromatic carbocycles. The molecular formula is C17H23NO4. The predicted octanol–water partition coefficient (Wildman–Crippen LogP) is 2.56. The highest BCUT2D eigenvalue weighted by atomic mass is 16.5. The van der Waals surface area contributed by atoms with Gasteiger partial charge >= 0.3 is 5.97 Å². The van der Waals surface area contributed by atoms with Crippen LogP contribution in [-0.2, 0) is 9.59 Å². The van der Waals surface area contributed by atoms with Gasteiger partial charge in [0.2, 0.25) is 5.91 Å². The number of methoxy groups -OCH3 is 1. The first kappa shape index (κ1) is 16.3. The number of hydrogen-bond donors (Lipinski definition) is 2. The van der Waals surface area contributed by atoms with E-state index in [0.29, 0.717) is 12.3 Å². The van der Waals surface area contributed by atoms with E-state index in [1.165, 1.54) is 0 Å². The van der Waals surface area contributed by atoms with Crippen LogP contribution in [0.1, 0.15) is 44.1 Å². The number of carboxylic acids is 1. The van der Waals surface area contributed by atoms with Gasteiger partial charge in [-0.1, -0.05) is 38.0 Å². The monoisotopic (exact) mass is 305 g/mol. The topological polar surface area (TPSA) is 75.6 Å². The van der Waals surface area contributed by atoms with Crippen molar-refractivity contribution in [2.45, 2.75) is 44.6 Å². The molecule has 1 aliphatic rings. The molecule has 2 unspecified atom stereocenters. The number of para-hydroxylation sites is 1. The van der Waals surface area contributed by atoms with Crippen molar-refractivity contribution in [1.29, 1.82) is 0 Å². The Morgan fingerprint density at radius 1 is 1.36 bits per heavy atom. The fourth-order valence-corrected chi connectivity index (χ4v) is 2.62. The van der Waals surface area contributed by atoms with Gasteiger partial charge in [0.05, 0.1) is 7.11 Å². The van der Waals surface area contributed by atoms with Crippen LogP contribution >= 0.6 is 0 Å². The summed E-state index contributed by atoms with van der Waals surface area (Å²) < 4.78 is 5.30. The van der Waals surface area contributed by atoms with Crippen molar-refractivity contribution in [2.24, 2.45) is 5.92 Å². The van der Waals surface area contributed by atoms with Crippen molar-refractivity contribution in [3.63, 3.8) is 0 Å². The minimum absolute atomic E-state index is 0.0356. The van der Waals surface area contributed by atoms with Crippen molar-refractivity contribution >= 4 is 11.9 Å². The van der Waals surface area contributed by atoms with E-state index in [9.17, 15) is 14.7 Å². The molecule has 2 atom stereocenters. The predicted molar refractivity (Wildman–Crippen MR) is 82.9 cm³/mol. The van der Waals surface area contributed by atoms with Gasteiger partial charge in [0, 0.05) is 6.42 Å². The molecule has 1 fully saturated rings. The molecule has 0 aliphatic heterocycles. The molecule has 0 heterocycles. The third-order valence-electron chi connectivity index (χ3n) is 4.06. The molecule has 2 N–H and O–H groups in total. The van der Waals surface area contributed by atoms with Crippen LogP contribution in [0.15, 0.2) is 24.3 Å². The average molecular weight is 305 g/mol. The van der Waals surface area contributed by atoms with E-state index in [1.807, 2.05) is 31.2 Å². The standard InChI is InChI=1S/C17H23NO4/c1-11(13-5-3-4-6-15(13)22-2)9-16(19)18-14(17(20)21)10-12-7-8-12/h3-6,11-12,14H,7-10H2,1-2H3,(H,18,19)(H,20,21). The van der Waals surface area contributed by atoms with E-state index in [1.54, 1.807) is 7.11 Å². The number of carbonyl (C=O) groups excluding carboxylic acids is 1. The molecular weight excluding hydrogens is 282 g/mol. The number of carboxylic acid groups (broad SMARTS) is 1. The molecule has 1 saturated carbocycles. The second kappa shape index (κ2) is 7.29. The van der Waals surface area contributed by atoms with Crippen LogP contribution in [0.5, 0.6) is 5.75 Å². The summed E-state index contributed by atoms with van der Waals surface area (Å²) >= 11 is 0. The Hall–Kier alpha value is -2.04. The SMILES string of the molecule is COc1ccccc1C(C)CC(=O)NC(CC1CC1)C(=O)O. The molecule has 1 aromatic rings. The van der Waals surface area contributed by atoms with Gasteiger partial charge < -0.3 is 15.2 Å². The fourth-order valence-electron chi connectivity index (χ4n) is 2.62. The van der Waals surface area contributed by atoms with Crippen LogP contribution in [0, 0.1) is 5.92 Å². The summed E-state index contributed by atoms with van der Waals surface area (Å²) in [5.74, 6) is -0.0215. The number of carbonyl (C=O) groups is 2. The van der Waals surface area contributed by atoms with Crippen LogP contribution in [0.2, 0.25) is 0 Å². The summed E-state index contributed by atoms with van der Waals surface area (Å²) in [5, 5.41) is 11.8. The molecule has 0 bridgehead atoms. The van der Waals surface area contributed by atoms with E-state index < -0.39 is 12.0 Å². The van der Waals surface area contributed by atoms with Gasteiger partial charge in [-0.3, -0.25) is 4.79 Å². The Morgan fingerprint density at radius 2 is 2.05 bits per heavy atom. The van der Waals surface area contributed by atoms with Gasteiger partial charge in [-0.05, 0) is 29.9 Å². The summed E-state index contributed by atoms with van der Waals surface area (Å²) in [6.45, 7) is 1.94. The van der Waals surface area contributed by atoms with E-state index in [-0.39, 0.29) is 18.2 Å². The maximum absolute atomic E-state index is 12.1. The highest BCUT2D eigenvalue weighted by Gasteiger charge is 2.30. The van der Waals surface area contributed by atoms with E-state index >= 15 is 0 Å². The number of ether oxygens (including phenoxy) is 1. The van der Waals surface area contributed by atoms with Gasteiger partial charge in [-0.15, -0.1) is 0 Å². The maximum atomic E-state index is 12.1. The van der Waals surface area contributed by atoms with Gasteiger partial charge in [0.15, 0.2) is 0 Å². The first-order chi connectivity index (χ1) is 10.5. The number of hydrogen-bond acceptors (Lipinski definition) is 3. The summed E-state index contributed by atoms with van der Waals surface area (Å²) in [5.41, 5.74) is 0.953. The van der Waals surface area contributed by atoms with Gasteiger partial charge in [0.25, 0.3) is 0 Å². The molecule has 120 valence electrons. The first-order valence-electron chi connectivity index (χ1n) is 7.66. The Kier molecular flexibility index (Phi) is 5.41. The lowest BCUT2D eigenvalue weighted by molar-refractivity contribution is -0.142. The lowest BCUT2D eigenvalue weighted by Gasteiger charge is -2.18. The Bertz CT molecular complexity index is 539. The van der Waals surface area contributed by atoms with Gasteiger partial charge in [0.1, 0.15) is 11.8 Å².